The van der Waals surface area contributed by atoms with Crippen molar-refractivity contribution in [3.8, 4) is 5.75 Å². The van der Waals surface area contributed by atoms with E-state index in [0.29, 0.717) is 17.4 Å². The summed E-state index contributed by atoms with van der Waals surface area (Å²) in [5.74, 6) is 0.279. The van der Waals surface area contributed by atoms with Gasteiger partial charge >= 0.3 is 0 Å². The molecule has 0 aliphatic rings. The maximum Gasteiger partial charge on any atom is 0.273 e. The first kappa shape index (κ1) is 20.6. The topological polar surface area (TPSA) is 59.9 Å². The molecule has 0 spiro atoms. The van der Waals surface area contributed by atoms with Gasteiger partial charge in [0.25, 0.3) is 5.91 Å². The third kappa shape index (κ3) is 5.67. The first-order valence-electron chi connectivity index (χ1n) is 9.05. The second-order valence-corrected chi connectivity index (χ2v) is 6.59. The molecule has 5 nitrogen and oxygen atoms in total. The van der Waals surface area contributed by atoms with Crippen molar-refractivity contribution in [3.05, 3.63) is 101 Å². The van der Waals surface area contributed by atoms with Crippen molar-refractivity contribution in [2.45, 2.75) is 12.7 Å². The van der Waals surface area contributed by atoms with Crippen LogP contribution in [0.25, 0.3) is 0 Å². The van der Waals surface area contributed by atoms with Gasteiger partial charge in [0.15, 0.2) is 6.10 Å². The van der Waals surface area contributed by atoms with Crippen LogP contribution in [-0.4, -0.2) is 19.2 Å². The molecular weight excluding hydrogens is 388 g/mol. The van der Waals surface area contributed by atoms with Crippen LogP contribution in [0.15, 0.2) is 84.0 Å². The van der Waals surface area contributed by atoms with E-state index in [2.05, 4.69) is 10.5 Å². The summed E-state index contributed by atoms with van der Waals surface area (Å²) < 4.78 is 11.2. The highest BCUT2D eigenvalue weighted by Crippen LogP contribution is 2.21. The molecule has 3 aromatic carbocycles. The number of nitrogens with zero attached hydrogens (tertiary/aromatic N) is 1. The van der Waals surface area contributed by atoms with Gasteiger partial charge < -0.3 is 9.47 Å². The number of halogens is 1. The summed E-state index contributed by atoms with van der Waals surface area (Å²) in [5.41, 5.74) is 4.89. The monoisotopic (exact) mass is 408 g/mol. The molecule has 0 aliphatic carbocycles. The lowest BCUT2D eigenvalue weighted by atomic mass is 10.1. The number of nitrogens with one attached hydrogen (secondary N) is 1. The van der Waals surface area contributed by atoms with Crippen LogP contribution in [0.3, 0.4) is 0 Å². The second kappa shape index (κ2) is 10.4. The zero-order valence-corrected chi connectivity index (χ0v) is 16.7. The highest BCUT2D eigenvalue weighted by Gasteiger charge is 2.19. The zero-order chi connectivity index (χ0) is 20.5. The molecule has 0 radical (unpaired) electrons. The quantitative estimate of drug-likeness (QED) is 0.432. The lowest BCUT2D eigenvalue weighted by molar-refractivity contribution is -0.131. The fraction of sp³-hybridized carbons (Fsp3) is 0.130. The molecule has 0 bridgehead atoms. The Kier molecular flexibility index (Phi) is 7.39. The Labute approximate surface area is 174 Å². The molecule has 3 aromatic rings. The largest absolute Gasteiger partial charge is 0.488 e. The summed E-state index contributed by atoms with van der Waals surface area (Å²) in [7, 11) is 1.48. The van der Waals surface area contributed by atoms with Crippen molar-refractivity contribution in [3.63, 3.8) is 0 Å². The van der Waals surface area contributed by atoms with E-state index in [1.807, 2.05) is 78.9 Å². The minimum Gasteiger partial charge on any atom is -0.488 e. The van der Waals surface area contributed by atoms with Crippen molar-refractivity contribution in [1.29, 1.82) is 0 Å². The average Bonchev–Trinajstić information content (AvgIpc) is 2.75. The molecule has 0 aromatic heterocycles. The van der Waals surface area contributed by atoms with E-state index < -0.39 is 6.10 Å². The summed E-state index contributed by atoms with van der Waals surface area (Å²) in [6.07, 6.45) is 0.803. The predicted octanol–water partition coefficient (Wildman–Crippen LogP) is 4.76. The Morgan fingerprint density at radius 3 is 2.48 bits per heavy atom. The van der Waals surface area contributed by atoms with E-state index in [1.165, 1.54) is 13.3 Å². The Morgan fingerprint density at radius 1 is 1.03 bits per heavy atom. The Morgan fingerprint density at radius 2 is 1.72 bits per heavy atom. The number of rotatable bonds is 8. The van der Waals surface area contributed by atoms with Gasteiger partial charge in [-0.15, -0.1) is 0 Å². The maximum atomic E-state index is 12.4. The van der Waals surface area contributed by atoms with Gasteiger partial charge in [-0.05, 0) is 23.8 Å². The fourth-order valence-corrected chi connectivity index (χ4v) is 2.93. The van der Waals surface area contributed by atoms with E-state index in [9.17, 15) is 4.79 Å². The molecule has 148 valence electrons. The molecule has 0 saturated heterocycles. The van der Waals surface area contributed by atoms with Crippen molar-refractivity contribution in [2.75, 3.05) is 7.11 Å². The van der Waals surface area contributed by atoms with E-state index in [1.54, 1.807) is 0 Å². The van der Waals surface area contributed by atoms with Crippen molar-refractivity contribution in [1.82, 2.24) is 5.43 Å². The first-order valence-corrected chi connectivity index (χ1v) is 9.42. The number of hydrazone groups is 1. The number of ether oxygens (including phenoxy) is 2. The number of carbonyl (C=O) groups excluding carboxylic acids is 1. The summed E-state index contributed by atoms with van der Waals surface area (Å²) in [6, 6.07) is 24.2. The molecule has 1 N–H and O–H groups in total. The van der Waals surface area contributed by atoms with Crippen LogP contribution >= 0.6 is 11.6 Å². The summed E-state index contributed by atoms with van der Waals surface area (Å²) in [5, 5.41) is 4.71. The number of methoxy groups -OCH3 is 1. The van der Waals surface area contributed by atoms with Crippen molar-refractivity contribution >= 4 is 23.7 Å². The fourth-order valence-electron chi connectivity index (χ4n) is 2.74. The van der Waals surface area contributed by atoms with Crippen LogP contribution in [-0.2, 0) is 16.1 Å². The van der Waals surface area contributed by atoms with Gasteiger partial charge in [0, 0.05) is 23.3 Å². The first-order chi connectivity index (χ1) is 14.2. The Hall–Kier alpha value is -3.15. The number of amides is 1. The molecule has 0 unspecified atom stereocenters. The molecule has 1 atom stereocenters. The Bertz CT molecular complexity index is 977. The van der Waals surface area contributed by atoms with E-state index in [-0.39, 0.29) is 5.91 Å². The number of hydrogen-bond acceptors (Lipinski definition) is 4. The van der Waals surface area contributed by atoms with Gasteiger partial charge in [0.1, 0.15) is 12.4 Å². The van der Waals surface area contributed by atoms with E-state index in [4.69, 9.17) is 21.1 Å². The van der Waals surface area contributed by atoms with Gasteiger partial charge in [-0.1, -0.05) is 72.3 Å². The summed E-state index contributed by atoms with van der Waals surface area (Å²) >= 11 is 6.18. The lowest BCUT2D eigenvalue weighted by Gasteiger charge is -2.13. The molecule has 0 heterocycles. The minimum absolute atomic E-state index is 0.330. The number of hydrogen-bond donors (Lipinski definition) is 1. The van der Waals surface area contributed by atoms with Crippen LogP contribution in [0.2, 0.25) is 5.02 Å². The summed E-state index contributed by atoms with van der Waals surface area (Å²) in [4.78, 5) is 12.4. The van der Waals surface area contributed by atoms with Crippen LogP contribution in [0, 0.1) is 0 Å². The second-order valence-electron chi connectivity index (χ2n) is 6.18. The van der Waals surface area contributed by atoms with Gasteiger partial charge in [0.05, 0.1) is 6.21 Å². The summed E-state index contributed by atoms with van der Waals surface area (Å²) in [6.45, 7) is 0.330. The van der Waals surface area contributed by atoms with Crippen LogP contribution in [0.5, 0.6) is 5.75 Å². The smallest absolute Gasteiger partial charge is 0.273 e. The number of benzene rings is 3. The SMILES string of the molecule is CO[C@@H](C(=O)N/N=C\c1ccccc1OCc1ccccc1Cl)c1ccccc1. The van der Waals surface area contributed by atoms with Crippen molar-refractivity contribution in [2.24, 2.45) is 5.10 Å². The Balaban J connectivity index is 1.65. The highest BCUT2D eigenvalue weighted by atomic mass is 35.5. The van der Waals surface area contributed by atoms with Crippen molar-refractivity contribution < 1.29 is 14.3 Å². The molecule has 3 rings (SSSR count). The molecule has 0 fully saturated rings. The predicted molar refractivity (Wildman–Crippen MR) is 114 cm³/mol. The molecule has 1 amide bonds. The minimum atomic E-state index is -0.736. The van der Waals surface area contributed by atoms with E-state index >= 15 is 0 Å². The van der Waals surface area contributed by atoms with Gasteiger partial charge in [-0.2, -0.15) is 5.10 Å². The molecular formula is C23H21ClN2O3. The third-order valence-corrected chi connectivity index (χ3v) is 4.58. The number of carbonyl (C=O) groups is 1. The standard InChI is InChI=1S/C23H21ClN2O3/c1-28-22(17-9-3-2-4-10-17)23(27)26-25-15-18-11-6-8-14-21(18)29-16-19-12-5-7-13-20(19)24/h2-15,22H,16H2,1H3,(H,26,27)/b25-15-/t22-/m1/s1. The molecule has 0 saturated carbocycles. The normalized spacial score (nSPS) is 11.9. The highest BCUT2D eigenvalue weighted by molar-refractivity contribution is 6.31. The van der Waals surface area contributed by atoms with Gasteiger partial charge in [0.2, 0.25) is 0 Å². The van der Waals surface area contributed by atoms with E-state index in [0.717, 1.165) is 16.7 Å². The van der Waals surface area contributed by atoms with Crippen LogP contribution in [0.1, 0.15) is 22.8 Å². The van der Waals surface area contributed by atoms with Crippen LogP contribution < -0.4 is 10.2 Å². The average molecular weight is 409 g/mol. The molecule has 0 aliphatic heterocycles. The van der Waals surface area contributed by atoms with Crippen LogP contribution in [0.4, 0.5) is 0 Å². The third-order valence-electron chi connectivity index (χ3n) is 4.21. The zero-order valence-electron chi connectivity index (χ0n) is 15.9. The lowest BCUT2D eigenvalue weighted by Crippen LogP contribution is -2.26. The molecule has 29 heavy (non-hydrogen) atoms. The maximum absolute atomic E-state index is 12.4. The van der Waals surface area contributed by atoms with Gasteiger partial charge in [-0.3, -0.25) is 4.79 Å². The van der Waals surface area contributed by atoms with Gasteiger partial charge in [-0.25, -0.2) is 5.43 Å². The molecule has 6 heteroatoms. The number of para-hydroxylation sites is 1.